The Hall–Kier alpha value is -3.73. The minimum absolute atomic E-state index is 0.00289. The van der Waals surface area contributed by atoms with Gasteiger partial charge in [-0.2, -0.15) is 5.26 Å². The Morgan fingerprint density at radius 2 is 1.85 bits per heavy atom. The number of nitrogens with zero attached hydrogens (tertiary/aromatic N) is 6. The zero-order chi connectivity index (χ0) is 18.8. The summed E-state index contributed by atoms with van der Waals surface area (Å²) in [5.74, 6) is 0.941. The summed E-state index contributed by atoms with van der Waals surface area (Å²) in [7, 11) is 0. The fraction of sp³-hybridized carbons (Fsp3) is 0.211. The van der Waals surface area contributed by atoms with E-state index in [4.69, 9.17) is 0 Å². The standard InChI is InChI=1S/C19H16N6O2/c20-12-18-19(23-11-10-15(13-23)14-4-2-1-3-5-14)22-24(21-18)16-6-8-17(9-7-16)25(26)27/h1-9,15H,10-11,13H2. The number of anilines is 1. The SMILES string of the molecule is N#Cc1nn(-c2ccc([N+](=O)[O-])cc2)nc1N1CCC(c2ccccc2)C1. The molecule has 2 heterocycles. The Labute approximate surface area is 155 Å². The number of nitro benzene ring substituents is 1. The highest BCUT2D eigenvalue weighted by Gasteiger charge is 2.28. The maximum absolute atomic E-state index is 10.8. The fourth-order valence-corrected chi connectivity index (χ4v) is 3.36. The van der Waals surface area contributed by atoms with Crippen molar-refractivity contribution < 1.29 is 4.92 Å². The van der Waals surface area contributed by atoms with Gasteiger partial charge in [0, 0.05) is 31.1 Å². The van der Waals surface area contributed by atoms with Gasteiger partial charge >= 0.3 is 0 Å². The van der Waals surface area contributed by atoms with Crippen molar-refractivity contribution in [2.45, 2.75) is 12.3 Å². The van der Waals surface area contributed by atoms with Gasteiger partial charge in [-0.1, -0.05) is 30.3 Å². The van der Waals surface area contributed by atoms with Gasteiger partial charge in [0.2, 0.25) is 5.69 Å². The van der Waals surface area contributed by atoms with Crippen LogP contribution in [-0.2, 0) is 0 Å². The lowest BCUT2D eigenvalue weighted by Crippen LogP contribution is -2.20. The summed E-state index contributed by atoms with van der Waals surface area (Å²) in [5.41, 5.74) is 2.10. The zero-order valence-electron chi connectivity index (χ0n) is 14.4. The van der Waals surface area contributed by atoms with Gasteiger partial charge in [-0.3, -0.25) is 10.1 Å². The highest BCUT2D eigenvalue weighted by molar-refractivity contribution is 5.52. The zero-order valence-corrected chi connectivity index (χ0v) is 14.4. The third-order valence-electron chi connectivity index (χ3n) is 4.75. The average Bonchev–Trinajstić information content (AvgIpc) is 3.35. The average molecular weight is 360 g/mol. The fourth-order valence-electron chi connectivity index (χ4n) is 3.36. The molecule has 0 spiro atoms. The number of hydrogen-bond acceptors (Lipinski definition) is 6. The molecule has 1 aliphatic heterocycles. The molecule has 8 nitrogen and oxygen atoms in total. The third-order valence-corrected chi connectivity index (χ3v) is 4.75. The Morgan fingerprint density at radius 3 is 2.52 bits per heavy atom. The lowest BCUT2D eigenvalue weighted by atomic mass is 9.99. The molecular formula is C19H16N6O2. The monoisotopic (exact) mass is 360 g/mol. The number of nitro groups is 1. The van der Waals surface area contributed by atoms with Crippen LogP contribution in [0.25, 0.3) is 5.69 Å². The predicted molar refractivity (Wildman–Crippen MR) is 98.7 cm³/mol. The minimum atomic E-state index is -0.458. The van der Waals surface area contributed by atoms with Gasteiger partial charge in [0.25, 0.3) is 5.69 Å². The number of hydrogen-bond donors (Lipinski definition) is 0. The first-order valence-corrected chi connectivity index (χ1v) is 8.58. The van der Waals surface area contributed by atoms with Gasteiger partial charge in [0.15, 0.2) is 5.82 Å². The van der Waals surface area contributed by atoms with Crippen LogP contribution in [0.15, 0.2) is 54.6 Å². The van der Waals surface area contributed by atoms with Crippen LogP contribution in [0.1, 0.15) is 23.6 Å². The Bertz CT molecular complexity index is 1010. The highest BCUT2D eigenvalue weighted by Crippen LogP contribution is 2.31. The van der Waals surface area contributed by atoms with E-state index in [0.29, 0.717) is 17.4 Å². The molecule has 134 valence electrons. The summed E-state index contributed by atoms with van der Waals surface area (Å²) in [6.45, 7) is 1.57. The summed E-state index contributed by atoms with van der Waals surface area (Å²) in [4.78, 5) is 13.8. The quantitative estimate of drug-likeness (QED) is 0.523. The molecule has 0 amide bonds. The molecule has 0 bridgehead atoms. The van der Waals surface area contributed by atoms with E-state index in [1.165, 1.54) is 22.5 Å². The maximum Gasteiger partial charge on any atom is 0.269 e. The molecular weight excluding hydrogens is 344 g/mol. The number of aromatic nitrogens is 3. The van der Waals surface area contributed by atoms with Gasteiger partial charge in [-0.25, -0.2) is 0 Å². The van der Waals surface area contributed by atoms with Crippen LogP contribution in [0.4, 0.5) is 11.5 Å². The van der Waals surface area contributed by atoms with E-state index in [2.05, 4.69) is 33.3 Å². The van der Waals surface area contributed by atoms with Gasteiger partial charge in [-0.05, 0) is 24.1 Å². The molecule has 0 radical (unpaired) electrons. The number of rotatable bonds is 4. The molecule has 1 aliphatic rings. The first-order valence-electron chi connectivity index (χ1n) is 8.58. The van der Waals surface area contributed by atoms with E-state index in [1.54, 1.807) is 12.1 Å². The molecule has 4 rings (SSSR count). The van der Waals surface area contributed by atoms with Crippen molar-refractivity contribution in [1.82, 2.24) is 15.0 Å². The molecule has 0 N–H and O–H groups in total. The van der Waals surface area contributed by atoms with E-state index in [0.717, 1.165) is 19.5 Å². The summed E-state index contributed by atoms with van der Waals surface area (Å²) < 4.78 is 0. The second-order valence-corrected chi connectivity index (χ2v) is 6.39. The van der Waals surface area contributed by atoms with Crippen LogP contribution in [0.3, 0.4) is 0 Å². The van der Waals surface area contributed by atoms with Crippen molar-refractivity contribution in [3.05, 3.63) is 76.0 Å². The normalized spacial score (nSPS) is 16.3. The lowest BCUT2D eigenvalue weighted by Gasteiger charge is -2.15. The number of nitriles is 1. The summed E-state index contributed by atoms with van der Waals surface area (Å²) >= 11 is 0. The summed E-state index contributed by atoms with van der Waals surface area (Å²) in [6.07, 6.45) is 0.985. The molecule has 27 heavy (non-hydrogen) atoms. The Balaban J connectivity index is 1.59. The van der Waals surface area contributed by atoms with Crippen LogP contribution in [0.2, 0.25) is 0 Å². The maximum atomic E-state index is 10.8. The van der Waals surface area contributed by atoms with Gasteiger partial charge in [-0.15, -0.1) is 15.0 Å². The van der Waals surface area contributed by atoms with Crippen molar-refractivity contribution in [3.8, 4) is 11.8 Å². The molecule has 2 aromatic carbocycles. The Morgan fingerprint density at radius 1 is 1.11 bits per heavy atom. The topological polar surface area (TPSA) is 101 Å². The molecule has 0 saturated carbocycles. The van der Waals surface area contributed by atoms with Crippen molar-refractivity contribution in [3.63, 3.8) is 0 Å². The molecule has 1 saturated heterocycles. The first kappa shape index (κ1) is 16.7. The molecule has 1 unspecified atom stereocenters. The molecule has 1 atom stereocenters. The third kappa shape index (κ3) is 3.22. The van der Waals surface area contributed by atoms with E-state index in [1.807, 2.05) is 18.2 Å². The summed E-state index contributed by atoms with van der Waals surface area (Å²) in [5, 5.41) is 29.0. The van der Waals surface area contributed by atoms with Gasteiger partial charge in [0.05, 0.1) is 10.6 Å². The van der Waals surface area contributed by atoms with Crippen LogP contribution in [0.5, 0.6) is 0 Å². The van der Waals surface area contributed by atoms with Crippen LogP contribution in [-0.4, -0.2) is 33.0 Å². The Kier molecular flexibility index (Phi) is 4.26. The van der Waals surface area contributed by atoms with Crippen LogP contribution >= 0.6 is 0 Å². The largest absolute Gasteiger partial charge is 0.352 e. The van der Waals surface area contributed by atoms with Crippen LogP contribution in [0, 0.1) is 21.4 Å². The van der Waals surface area contributed by atoms with Crippen molar-refractivity contribution in [2.24, 2.45) is 0 Å². The van der Waals surface area contributed by atoms with Gasteiger partial charge in [0.1, 0.15) is 6.07 Å². The molecule has 3 aromatic rings. The predicted octanol–water partition coefficient (Wildman–Crippen LogP) is 3.04. The van der Waals surface area contributed by atoms with E-state index in [-0.39, 0.29) is 11.4 Å². The van der Waals surface area contributed by atoms with E-state index in [9.17, 15) is 15.4 Å². The number of benzene rings is 2. The van der Waals surface area contributed by atoms with Crippen molar-refractivity contribution in [2.75, 3.05) is 18.0 Å². The lowest BCUT2D eigenvalue weighted by molar-refractivity contribution is -0.384. The highest BCUT2D eigenvalue weighted by atomic mass is 16.6. The molecule has 0 aliphatic carbocycles. The van der Waals surface area contributed by atoms with Crippen LogP contribution < -0.4 is 4.90 Å². The smallest absolute Gasteiger partial charge is 0.269 e. The van der Waals surface area contributed by atoms with E-state index >= 15 is 0 Å². The number of non-ortho nitro benzene ring substituents is 1. The minimum Gasteiger partial charge on any atom is -0.352 e. The second kappa shape index (κ2) is 6.88. The van der Waals surface area contributed by atoms with Gasteiger partial charge < -0.3 is 4.90 Å². The first-order chi connectivity index (χ1) is 13.2. The summed E-state index contributed by atoms with van der Waals surface area (Å²) in [6, 6.07) is 18.3. The molecule has 8 heteroatoms. The van der Waals surface area contributed by atoms with Crippen molar-refractivity contribution >= 4 is 11.5 Å². The molecule has 1 aromatic heterocycles. The molecule has 1 fully saturated rings. The van der Waals surface area contributed by atoms with Crippen molar-refractivity contribution in [1.29, 1.82) is 5.26 Å². The van der Waals surface area contributed by atoms with E-state index < -0.39 is 4.92 Å². The second-order valence-electron chi connectivity index (χ2n) is 6.39.